The first kappa shape index (κ1) is 15.3. The van der Waals surface area contributed by atoms with Crippen molar-refractivity contribution in [2.75, 3.05) is 39.3 Å². The molecule has 0 spiro atoms. The van der Waals surface area contributed by atoms with Crippen molar-refractivity contribution in [1.29, 1.82) is 0 Å². The van der Waals surface area contributed by atoms with Crippen molar-refractivity contribution in [1.82, 2.24) is 15.1 Å². The third-order valence-electron chi connectivity index (χ3n) is 5.63. The van der Waals surface area contributed by atoms with Gasteiger partial charge in [-0.2, -0.15) is 0 Å². The summed E-state index contributed by atoms with van der Waals surface area (Å²) in [4.78, 5) is 16.8. The number of hydrogen-bond acceptors (Lipinski definition) is 3. The van der Waals surface area contributed by atoms with Gasteiger partial charge in [0.05, 0.1) is 6.54 Å². The molecule has 3 aliphatic rings. The Labute approximate surface area is 129 Å². The van der Waals surface area contributed by atoms with Gasteiger partial charge in [-0.15, -0.1) is 0 Å². The molecule has 4 nitrogen and oxygen atoms in total. The maximum Gasteiger partial charge on any atom is 0.236 e. The number of nitrogens with zero attached hydrogens (tertiary/aromatic N) is 2. The molecule has 21 heavy (non-hydrogen) atoms. The molecule has 1 atom stereocenters. The minimum absolute atomic E-state index is 0.306. The summed E-state index contributed by atoms with van der Waals surface area (Å²) in [5, 5.41) is 3.18. The first-order valence-electron chi connectivity index (χ1n) is 9.05. The fourth-order valence-corrected chi connectivity index (χ4v) is 4.34. The average molecular weight is 293 g/mol. The Morgan fingerprint density at radius 3 is 2.71 bits per heavy atom. The molecule has 2 aliphatic heterocycles. The van der Waals surface area contributed by atoms with Crippen LogP contribution in [-0.2, 0) is 4.79 Å². The van der Waals surface area contributed by atoms with Crippen LogP contribution >= 0.6 is 0 Å². The fraction of sp³-hybridized carbons (Fsp3) is 0.941. The second kappa shape index (κ2) is 7.59. The molecule has 1 amide bonds. The van der Waals surface area contributed by atoms with Crippen LogP contribution in [-0.4, -0.2) is 61.0 Å². The van der Waals surface area contributed by atoms with E-state index in [0.29, 0.717) is 18.5 Å². The second-order valence-electron chi connectivity index (χ2n) is 7.15. The summed E-state index contributed by atoms with van der Waals surface area (Å²) in [6.07, 6.45) is 11.1. The molecule has 0 radical (unpaired) electrons. The van der Waals surface area contributed by atoms with Gasteiger partial charge in [0.1, 0.15) is 0 Å². The molecular formula is C17H31N3O. The zero-order chi connectivity index (χ0) is 14.5. The predicted molar refractivity (Wildman–Crippen MR) is 85.2 cm³/mol. The van der Waals surface area contributed by atoms with Crippen LogP contribution in [0, 0.1) is 5.92 Å². The number of carbonyl (C=O) groups is 1. The number of carbonyl (C=O) groups excluding carboxylic acids is 1. The Kier molecular flexibility index (Phi) is 5.53. The molecule has 0 aromatic heterocycles. The van der Waals surface area contributed by atoms with Crippen LogP contribution in [0.15, 0.2) is 0 Å². The van der Waals surface area contributed by atoms with E-state index < -0.39 is 0 Å². The van der Waals surface area contributed by atoms with Gasteiger partial charge in [-0.1, -0.05) is 32.1 Å². The number of amides is 1. The number of rotatable bonds is 4. The van der Waals surface area contributed by atoms with Crippen LogP contribution in [0.25, 0.3) is 0 Å². The van der Waals surface area contributed by atoms with Gasteiger partial charge in [-0.3, -0.25) is 4.79 Å². The molecule has 0 aromatic rings. The van der Waals surface area contributed by atoms with Crippen LogP contribution in [0.4, 0.5) is 0 Å². The van der Waals surface area contributed by atoms with E-state index in [9.17, 15) is 4.79 Å². The van der Waals surface area contributed by atoms with Gasteiger partial charge in [0.15, 0.2) is 0 Å². The Bertz CT molecular complexity index is 341. The maximum atomic E-state index is 12.1. The Morgan fingerprint density at radius 1 is 1.05 bits per heavy atom. The summed E-state index contributed by atoms with van der Waals surface area (Å²) in [6, 6.07) is 0.472. The van der Waals surface area contributed by atoms with E-state index in [-0.39, 0.29) is 0 Å². The molecule has 1 saturated carbocycles. The smallest absolute Gasteiger partial charge is 0.236 e. The summed E-state index contributed by atoms with van der Waals surface area (Å²) in [5.74, 6) is 1.28. The highest BCUT2D eigenvalue weighted by molar-refractivity contribution is 5.79. The molecule has 120 valence electrons. The van der Waals surface area contributed by atoms with Crippen molar-refractivity contribution < 1.29 is 4.79 Å². The van der Waals surface area contributed by atoms with Gasteiger partial charge < -0.3 is 15.1 Å². The number of nitrogens with one attached hydrogen (secondary N) is 1. The van der Waals surface area contributed by atoms with Crippen molar-refractivity contribution in [2.45, 2.75) is 57.4 Å². The highest BCUT2D eigenvalue weighted by atomic mass is 16.2. The Morgan fingerprint density at radius 2 is 1.90 bits per heavy atom. The lowest BCUT2D eigenvalue weighted by atomic mass is 9.87. The maximum absolute atomic E-state index is 12.1. The molecule has 1 unspecified atom stereocenters. The fourth-order valence-electron chi connectivity index (χ4n) is 4.34. The van der Waals surface area contributed by atoms with Crippen LogP contribution in [0.3, 0.4) is 0 Å². The van der Waals surface area contributed by atoms with Crippen molar-refractivity contribution in [2.24, 2.45) is 5.92 Å². The molecule has 2 heterocycles. The second-order valence-corrected chi connectivity index (χ2v) is 7.15. The van der Waals surface area contributed by atoms with Crippen LogP contribution in [0.2, 0.25) is 0 Å². The summed E-state index contributed by atoms with van der Waals surface area (Å²) in [5.41, 5.74) is 0. The topological polar surface area (TPSA) is 35.6 Å². The van der Waals surface area contributed by atoms with Crippen LogP contribution < -0.4 is 5.32 Å². The lowest BCUT2D eigenvalue weighted by molar-refractivity contribution is -0.135. The number of likely N-dealkylation sites (tertiary alicyclic amines) is 1. The van der Waals surface area contributed by atoms with Gasteiger partial charge >= 0.3 is 0 Å². The van der Waals surface area contributed by atoms with Gasteiger partial charge in [0.25, 0.3) is 0 Å². The molecule has 0 aromatic carbocycles. The summed E-state index contributed by atoms with van der Waals surface area (Å²) in [7, 11) is 0. The van der Waals surface area contributed by atoms with Gasteiger partial charge in [0, 0.05) is 25.7 Å². The largest absolute Gasteiger partial charge is 0.336 e. The monoisotopic (exact) mass is 293 g/mol. The molecule has 3 fully saturated rings. The van der Waals surface area contributed by atoms with Gasteiger partial charge in [-0.25, -0.2) is 0 Å². The third kappa shape index (κ3) is 4.19. The van der Waals surface area contributed by atoms with E-state index >= 15 is 0 Å². The first-order valence-corrected chi connectivity index (χ1v) is 9.05. The molecule has 2 saturated heterocycles. The lowest BCUT2D eigenvalue weighted by Crippen LogP contribution is -2.57. The summed E-state index contributed by atoms with van der Waals surface area (Å²) in [6.45, 7) is 6.01. The Hall–Kier alpha value is -0.610. The number of piperazine rings is 1. The van der Waals surface area contributed by atoms with Crippen LogP contribution in [0.5, 0.6) is 0 Å². The minimum Gasteiger partial charge on any atom is -0.336 e. The van der Waals surface area contributed by atoms with Crippen LogP contribution in [0.1, 0.15) is 51.4 Å². The number of piperidine rings is 1. The molecule has 1 aliphatic carbocycles. The SMILES string of the molecule is O=C1CNCCN1C1CCCN(CCC2CCCCC2)C1. The van der Waals surface area contributed by atoms with E-state index in [0.717, 1.165) is 25.6 Å². The van der Waals surface area contributed by atoms with Gasteiger partial charge in [-0.05, 0) is 38.3 Å². The van der Waals surface area contributed by atoms with E-state index in [1.165, 1.54) is 64.5 Å². The molecule has 1 N–H and O–H groups in total. The quantitative estimate of drug-likeness (QED) is 0.859. The summed E-state index contributed by atoms with van der Waals surface area (Å²) < 4.78 is 0. The summed E-state index contributed by atoms with van der Waals surface area (Å²) >= 11 is 0. The number of hydrogen-bond donors (Lipinski definition) is 1. The van der Waals surface area contributed by atoms with E-state index in [4.69, 9.17) is 0 Å². The zero-order valence-electron chi connectivity index (χ0n) is 13.4. The Balaban J connectivity index is 1.45. The van der Waals surface area contributed by atoms with Crippen molar-refractivity contribution in [3.8, 4) is 0 Å². The van der Waals surface area contributed by atoms with Gasteiger partial charge in [0.2, 0.25) is 5.91 Å². The lowest BCUT2D eigenvalue weighted by Gasteiger charge is -2.41. The first-order chi connectivity index (χ1) is 10.3. The van der Waals surface area contributed by atoms with E-state index in [1.807, 2.05) is 0 Å². The molecule has 4 heteroatoms. The van der Waals surface area contributed by atoms with Crippen molar-refractivity contribution in [3.05, 3.63) is 0 Å². The van der Waals surface area contributed by atoms with Crippen molar-refractivity contribution >= 4 is 5.91 Å². The van der Waals surface area contributed by atoms with E-state index in [1.54, 1.807) is 0 Å². The molecule has 0 bridgehead atoms. The standard InChI is InChI=1S/C17H31N3O/c21-17-13-18-9-12-20(17)16-7-4-10-19(14-16)11-8-15-5-2-1-3-6-15/h15-16,18H,1-14H2. The highest BCUT2D eigenvalue weighted by Gasteiger charge is 2.30. The molecule has 3 rings (SSSR count). The highest BCUT2D eigenvalue weighted by Crippen LogP contribution is 2.27. The van der Waals surface area contributed by atoms with Crippen molar-refractivity contribution in [3.63, 3.8) is 0 Å². The zero-order valence-corrected chi connectivity index (χ0v) is 13.4. The predicted octanol–water partition coefficient (Wildman–Crippen LogP) is 1.85. The third-order valence-corrected chi connectivity index (χ3v) is 5.63. The molecular weight excluding hydrogens is 262 g/mol. The normalized spacial score (nSPS) is 29.8. The average Bonchev–Trinajstić information content (AvgIpc) is 2.55. The van der Waals surface area contributed by atoms with E-state index in [2.05, 4.69) is 15.1 Å². The minimum atomic E-state index is 0.306.